The monoisotopic (exact) mass is 297 g/mol. The van der Waals surface area contributed by atoms with Crippen molar-refractivity contribution in [3.05, 3.63) is 37.1 Å². The molecule has 0 bridgehead atoms. The molecule has 3 aromatic heterocycles. The number of ether oxygens (including phenoxy) is 1. The van der Waals surface area contributed by atoms with Gasteiger partial charge in [-0.1, -0.05) is 13.8 Å². The number of rotatable bonds is 5. The van der Waals surface area contributed by atoms with Crippen LogP contribution < -0.4 is 10.1 Å². The normalized spacial score (nSPS) is 11.1. The number of imidazole rings is 1. The highest BCUT2D eigenvalue weighted by Gasteiger charge is 2.11. The third-order valence-electron chi connectivity index (χ3n) is 3.35. The quantitative estimate of drug-likeness (QED) is 0.784. The Balaban J connectivity index is 2.03. The minimum atomic E-state index is 0.541. The molecule has 6 nitrogen and oxygen atoms in total. The van der Waals surface area contributed by atoms with Gasteiger partial charge in [-0.25, -0.2) is 9.97 Å². The maximum absolute atomic E-state index is 5.24. The number of hydrogen-bond acceptors (Lipinski definition) is 5. The Labute approximate surface area is 129 Å². The third kappa shape index (κ3) is 2.72. The first-order chi connectivity index (χ1) is 10.7. The number of nitrogens with one attached hydrogen (secondary N) is 1. The maximum Gasteiger partial charge on any atom is 0.180 e. The van der Waals surface area contributed by atoms with Gasteiger partial charge in [-0.15, -0.1) is 0 Å². The van der Waals surface area contributed by atoms with Crippen molar-refractivity contribution >= 4 is 11.5 Å². The fraction of sp³-hybridized carbons (Fsp3) is 0.312. The topological polar surface area (TPSA) is 64.3 Å². The average molecular weight is 297 g/mol. The number of pyridine rings is 1. The second kappa shape index (κ2) is 6.01. The Morgan fingerprint density at radius 3 is 2.86 bits per heavy atom. The van der Waals surface area contributed by atoms with Crippen LogP contribution in [0, 0.1) is 5.92 Å². The number of anilines is 1. The van der Waals surface area contributed by atoms with E-state index in [1.165, 1.54) is 0 Å². The summed E-state index contributed by atoms with van der Waals surface area (Å²) in [5, 5.41) is 3.34. The second-order valence-corrected chi connectivity index (χ2v) is 5.50. The molecule has 6 heteroatoms. The zero-order valence-electron chi connectivity index (χ0n) is 12.9. The molecule has 0 radical (unpaired) electrons. The molecule has 3 heterocycles. The average Bonchev–Trinajstić information content (AvgIpc) is 2.97. The maximum atomic E-state index is 5.24. The van der Waals surface area contributed by atoms with Crippen LogP contribution in [0.25, 0.3) is 16.9 Å². The minimum Gasteiger partial charge on any atom is -0.495 e. The van der Waals surface area contributed by atoms with Gasteiger partial charge in [0.25, 0.3) is 0 Å². The van der Waals surface area contributed by atoms with E-state index in [2.05, 4.69) is 34.1 Å². The van der Waals surface area contributed by atoms with Crippen molar-refractivity contribution in [1.29, 1.82) is 0 Å². The van der Waals surface area contributed by atoms with Gasteiger partial charge in [0.2, 0.25) is 0 Å². The Hall–Kier alpha value is -2.63. The molecule has 0 saturated carbocycles. The van der Waals surface area contributed by atoms with Crippen LogP contribution in [0.4, 0.5) is 5.82 Å². The van der Waals surface area contributed by atoms with Gasteiger partial charge in [0.1, 0.15) is 5.75 Å². The van der Waals surface area contributed by atoms with Crippen molar-refractivity contribution in [2.24, 2.45) is 5.92 Å². The van der Waals surface area contributed by atoms with Gasteiger partial charge in [-0.05, 0) is 12.0 Å². The van der Waals surface area contributed by atoms with Crippen LogP contribution in [0.2, 0.25) is 0 Å². The number of methoxy groups -OCH3 is 1. The first-order valence-corrected chi connectivity index (χ1v) is 7.24. The van der Waals surface area contributed by atoms with Crippen molar-refractivity contribution < 1.29 is 4.74 Å². The highest BCUT2D eigenvalue weighted by molar-refractivity contribution is 5.70. The van der Waals surface area contributed by atoms with Crippen molar-refractivity contribution in [3.8, 4) is 17.0 Å². The molecule has 1 N–H and O–H groups in total. The summed E-state index contributed by atoms with van der Waals surface area (Å²) in [6.45, 7) is 5.17. The van der Waals surface area contributed by atoms with Crippen LogP contribution >= 0.6 is 0 Å². The van der Waals surface area contributed by atoms with E-state index in [0.717, 1.165) is 35.0 Å². The number of hydrogen-bond donors (Lipinski definition) is 1. The molecule has 0 aliphatic heterocycles. The minimum absolute atomic E-state index is 0.541. The lowest BCUT2D eigenvalue weighted by Crippen LogP contribution is -2.10. The van der Waals surface area contributed by atoms with Gasteiger partial charge in [-0.2, -0.15) is 0 Å². The lowest BCUT2D eigenvalue weighted by molar-refractivity contribution is 0.413. The van der Waals surface area contributed by atoms with Gasteiger partial charge in [-0.3, -0.25) is 9.38 Å². The SMILES string of the molecule is COc1cncc(-c2cnc3c(NCC(C)C)nccn23)c1. The second-order valence-electron chi connectivity index (χ2n) is 5.50. The van der Waals surface area contributed by atoms with Crippen LogP contribution in [-0.4, -0.2) is 33.0 Å². The molecule has 0 unspecified atom stereocenters. The summed E-state index contributed by atoms with van der Waals surface area (Å²) in [5.74, 6) is 2.05. The summed E-state index contributed by atoms with van der Waals surface area (Å²) in [7, 11) is 1.63. The lowest BCUT2D eigenvalue weighted by Gasteiger charge is -2.09. The predicted octanol–water partition coefficient (Wildman–Crippen LogP) is 2.87. The molecule has 0 aromatic carbocycles. The molecular weight excluding hydrogens is 278 g/mol. The summed E-state index contributed by atoms with van der Waals surface area (Å²) in [4.78, 5) is 13.1. The van der Waals surface area contributed by atoms with Crippen LogP contribution in [0.15, 0.2) is 37.1 Å². The predicted molar refractivity (Wildman–Crippen MR) is 86.1 cm³/mol. The molecule has 114 valence electrons. The molecule has 0 spiro atoms. The number of fused-ring (bicyclic) bond motifs is 1. The molecule has 0 atom stereocenters. The van der Waals surface area contributed by atoms with Crippen molar-refractivity contribution in [2.45, 2.75) is 13.8 Å². The molecule has 22 heavy (non-hydrogen) atoms. The Morgan fingerprint density at radius 1 is 1.23 bits per heavy atom. The molecule has 0 aliphatic rings. The summed E-state index contributed by atoms with van der Waals surface area (Å²) < 4.78 is 7.24. The highest BCUT2D eigenvalue weighted by Crippen LogP contribution is 2.25. The standard InChI is InChI=1S/C16H19N5O/c1-11(2)7-19-15-16-20-10-14(21(16)5-4-18-15)12-6-13(22-3)9-17-8-12/h4-6,8-11H,7H2,1-3H3,(H,18,19). The van der Waals surface area contributed by atoms with E-state index in [0.29, 0.717) is 5.92 Å². The summed E-state index contributed by atoms with van der Waals surface area (Å²) >= 11 is 0. The van der Waals surface area contributed by atoms with E-state index in [1.54, 1.807) is 25.7 Å². The largest absolute Gasteiger partial charge is 0.495 e. The number of aromatic nitrogens is 4. The fourth-order valence-electron chi connectivity index (χ4n) is 2.23. The smallest absolute Gasteiger partial charge is 0.180 e. The zero-order chi connectivity index (χ0) is 15.5. The van der Waals surface area contributed by atoms with E-state index >= 15 is 0 Å². The van der Waals surface area contributed by atoms with Gasteiger partial charge >= 0.3 is 0 Å². The van der Waals surface area contributed by atoms with Gasteiger partial charge in [0, 0.05) is 30.7 Å². The van der Waals surface area contributed by atoms with Gasteiger partial charge < -0.3 is 10.1 Å². The number of nitrogens with zero attached hydrogens (tertiary/aromatic N) is 4. The van der Waals surface area contributed by atoms with E-state index in [9.17, 15) is 0 Å². The summed E-state index contributed by atoms with van der Waals surface area (Å²) in [5.41, 5.74) is 2.71. The Morgan fingerprint density at radius 2 is 2.09 bits per heavy atom. The Kier molecular flexibility index (Phi) is 3.91. The summed E-state index contributed by atoms with van der Waals surface area (Å²) in [6, 6.07) is 1.94. The van der Waals surface area contributed by atoms with E-state index in [1.807, 2.05) is 22.9 Å². The zero-order valence-corrected chi connectivity index (χ0v) is 12.9. The lowest BCUT2D eigenvalue weighted by atomic mass is 10.2. The summed E-state index contributed by atoms with van der Waals surface area (Å²) in [6.07, 6.45) is 8.98. The van der Waals surface area contributed by atoms with E-state index in [4.69, 9.17) is 4.74 Å². The molecule has 0 amide bonds. The van der Waals surface area contributed by atoms with Crippen LogP contribution in [0.1, 0.15) is 13.8 Å². The fourth-order valence-corrected chi connectivity index (χ4v) is 2.23. The molecule has 0 saturated heterocycles. The molecule has 3 rings (SSSR count). The van der Waals surface area contributed by atoms with Gasteiger partial charge in [0.15, 0.2) is 11.5 Å². The highest BCUT2D eigenvalue weighted by atomic mass is 16.5. The van der Waals surface area contributed by atoms with Crippen molar-refractivity contribution in [1.82, 2.24) is 19.4 Å². The van der Waals surface area contributed by atoms with E-state index < -0.39 is 0 Å². The molecular formula is C16H19N5O. The van der Waals surface area contributed by atoms with Crippen LogP contribution in [-0.2, 0) is 0 Å². The van der Waals surface area contributed by atoms with Crippen LogP contribution in [0.3, 0.4) is 0 Å². The molecule has 0 aliphatic carbocycles. The van der Waals surface area contributed by atoms with Crippen molar-refractivity contribution in [3.63, 3.8) is 0 Å². The van der Waals surface area contributed by atoms with Crippen LogP contribution in [0.5, 0.6) is 5.75 Å². The first kappa shape index (κ1) is 14.3. The van der Waals surface area contributed by atoms with E-state index in [-0.39, 0.29) is 0 Å². The molecule has 3 aromatic rings. The third-order valence-corrected chi connectivity index (χ3v) is 3.35. The van der Waals surface area contributed by atoms with Crippen molar-refractivity contribution in [2.75, 3.05) is 19.0 Å². The Bertz CT molecular complexity index is 781. The molecule has 0 fully saturated rings. The van der Waals surface area contributed by atoms with Gasteiger partial charge in [0.05, 0.1) is 25.2 Å². The first-order valence-electron chi connectivity index (χ1n) is 7.24.